The topological polar surface area (TPSA) is 21.3 Å². The lowest BCUT2D eigenvalue weighted by Gasteiger charge is -2.10. The van der Waals surface area contributed by atoms with Gasteiger partial charge in [0, 0.05) is 18.3 Å². The van der Waals surface area contributed by atoms with Gasteiger partial charge in [0.25, 0.3) is 0 Å². The van der Waals surface area contributed by atoms with E-state index in [0.29, 0.717) is 12.2 Å². The Labute approximate surface area is 120 Å². The summed E-state index contributed by atoms with van der Waals surface area (Å²) < 4.78 is 41.1. The molecule has 1 N–H and O–H groups in total. The maximum absolute atomic E-state index is 12.1. The summed E-state index contributed by atoms with van der Waals surface area (Å²) in [6.07, 6.45) is -4.67. The molecule has 0 aliphatic heterocycles. The monoisotopic (exact) mass is 351 g/mol. The van der Waals surface area contributed by atoms with Gasteiger partial charge in [0.05, 0.1) is 3.79 Å². The van der Waals surface area contributed by atoms with Crippen molar-refractivity contribution >= 4 is 33.0 Å². The van der Waals surface area contributed by atoms with Crippen molar-refractivity contribution < 1.29 is 17.9 Å². The highest BCUT2D eigenvalue weighted by Crippen LogP contribution is 2.26. The molecule has 7 heteroatoms. The third kappa shape index (κ3) is 4.76. The summed E-state index contributed by atoms with van der Waals surface area (Å²) in [6.45, 7) is 0.539. The summed E-state index contributed by atoms with van der Waals surface area (Å²) in [4.78, 5) is 0. The molecule has 0 spiro atoms. The van der Waals surface area contributed by atoms with E-state index in [4.69, 9.17) is 0 Å². The number of halogens is 4. The number of anilines is 1. The van der Waals surface area contributed by atoms with Gasteiger partial charge in [-0.05, 0) is 45.1 Å². The molecule has 1 aromatic carbocycles. The number of hydrogen-bond donors (Lipinski definition) is 1. The van der Waals surface area contributed by atoms with E-state index in [2.05, 4.69) is 26.0 Å². The highest BCUT2D eigenvalue weighted by molar-refractivity contribution is 9.11. The van der Waals surface area contributed by atoms with Crippen LogP contribution in [0.1, 0.15) is 5.56 Å². The third-order valence-electron chi connectivity index (χ3n) is 2.19. The lowest BCUT2D eigenvalue weighted by Crippen LogP contribution is -2.17. The van der Waals surface area contributed by atoms with Crippen LogP contribution in [-0.4, -0.2) is 6.36 Å². The largest absolute Gasteiger partial charge is 0.573 e. The summed E-state index contributed by atoms with van der Waals surface area (Å²) in [5.74, 6) is -0.232. The van der Waals surface area contributed by atoms with Crippen LogP contribution in [0.2, 0.25) is 0 Å². The Kier molecular flexibility index (Phi) is 4.36. The molecule has 19 heavy (non-hydrogen) atoms. The van der Waals surface area contributed by atoms with Gasteiger partial charge in [-0.2, -0.15) is 0 Å². The van der Waals surface area contributed by atoms with E-state index in [1.165, 1.54) is 18.2 Å². The van der Waals surface area contributed by atoms with Gasteiger partial charge in [-0.3, -0.25) is 0 Å². The quantitative estimate of drug-likeness (QED) is 0.834. The van der Waals surface area contributed by atoms with Crippen LogP contribution in [0.4, 0.5) is 18.9 Å². The Bertz CT molecular complexity index is 556. The van der Waals surface area contributed by atoms with E-state index in [1.807, 2.05) is 11.4 Å². The first-order chi connectivity index (χ1) is 8.92. The van der Waals surface area contributed by atoms with Gasteiger partial charge in [-0.25, -0.2) is 0 Å². The van der Waals surface area contributed by atoms with Crippen molar-refractivity contribution in [3.05, 3.63) is 45.1 Å². The molecule has 1 aromatic heterocycles. The minimum absolute atomic E-state index is 0.232. The highest BCUT2D eigenvalue weighted by Gasteiger charge is 2.31. The molecule has 2 aromatic rings. The molecule has 0 saturated carbocycles. The van der Waals surface area contributed by atoms with Crippen LogP contribution in [0.15, 0.2) is 39.5 Å². The second-order valence-corrected chi connectivity index (χ2v) is 5.98. The average molecular weight is 352 g/mol. The molecular weight excluding hydrogens is 343 g/mol. The normalized spacial score (nSPS) is 11.4. The van der Waals surface area contributed by atoms with E-state index < -0.39 is 6.36 Å². The number of nitrogens with one attached hydrogen (secondary N) is 1. The van der Waals surface area contributed by atoms with E-state index in [-0.39, 0.29) is 5.75 Å². The minimum atomic E-state index is -4.67. The number of hydrogen-bond acceptors (Lipinski definition) is 3. The molecule has 0 fully saturated rings. The van der Waals surface area contributed by atoms with Crippen LogP contribution in [0.5, 0.6) is 5.75 Å². The maximum atomic E-state index is 12.1. The molecule has 0 unspecified atom stereocenters. The third-order valence-corrected chi connectivity index (χ3v) is 3.74. The molecule has 0 saturated heterocycles. The molecule has 0 bridgehead atoms. The standard InChI is InChI=1S/C12H9BrF3NOS/c13-11-4-8(7-19-11)6-17-9-2-1-3-10(5-9)18-12(14,15)16/h1-5,7,17H,6H2. The van der Waals surface area contributed by atoms with Crippen LogP contribution in [0.25, 0.3) is 0 Å². The van der Waals surface area contributed by atoms with Gasteiger partial charge in [-0.1, -0.05) is 6.07 Å². The second-order valence-electron chi connectivity index (χ2n) is 3.69. The fraction of sp³-hybridized carbons (Fsp3) is 0.167. The fourth-order valence-corrected chi connectivity index (χ4v) is 2.65. The summed E-state index contributed by atoms with van der Waals surface area (Å²) in [5, 5.41) is 5.00. The predicted octanol–water partition coefficient (Wildman–Crippen LogP) is 5.02. The van der Waals surface area contributed by atoms with Crippen LogP contribution >= 0.6 is 27.3 Å². The van der Waals surface area contributed by atoms with Crippen molar-refractivity contribution in [1.29, 1.82) is 0 Å². The fourth-order valence-electron chi connectivity index (χ4n) is 1.45. The molecular formula is C12H9BrF3NOS. The Morgan fingerprint density at radius 1 is 1.26 bits per heavy atom. The number of rotatable bonds is 4. The van der Waals surface area contributed by atoms with Crippen molar-refractivity contribution in [2.24, 2.45) is 0 Å². The minimum Gasteiger partial charge on any atom is -0.406 e. The van der Waals surface area contributed by atoms with Crippen LogP contribution in [-0.2, 0) is 6.54 Å². The number of benzene rings is 1. The molecule has 0 aliphatic rings. The van der Waals surface area contributed by atoms with Gasteiger partial charge >= 0.3 is 6.36 Å². The molecule has 0 atom stereocenters. The number of thiophene rings is 1. The lowest BCUT2D eigenvalue weighted by molar-refractivity contribution is -0.274. The summed E-state index contributed by atoms with van der Waals surface area (Å²) in [7, 11) is 0. The molecule has 102 valence electrons. The molecule has 0 radical (unpaired) electrons. The van der Waals surface area contributed by atoms with Crippen molar-refractivity contribution in [2.75, 3.05) is 5.32 Å². The van der Waals surface area contributed by atoms with Crippen molar-refractivity contribution in [1.82, 2.24) is 0 Å². The average Bonchev–Trinajstić information content (AvgIpc) is 2.71. The Hall–Kier alpha value is -1.21. The zero-order valence-electron chi connectivity index (χ0n) is 9.50. The highest BCUT2D eigenvalue weighted by atomic mass is 79.9. The van der Waals surface area contributed by atoms with Crippen molar-refractivity contribution in [3.63, 3.8) is 0 Å². The van der Waals surface area contributed by atoms with Crippen molar-refractivity contribution in [3.8, 4) is 5.75 Å². The lowest BCUT2D eigenvalue weighted by atomic mass is 10.3. The Morgan fingerprint density at radius 2 is 2.05 bits per heavy atom. The molecule has 0 amide bonds. The Balaban J connectivity index is 1.99. The van der Waals surface area contributed by atoms with Gasteiger partial charge in [0.15, 0.2) is 0 Å². The Morgan fingerprint density at radius 3 is 2.68 bits per heavy atom. The SMILES string of the molecule is FC(F)(F)Oc1cccc(NCc2csc(Br)c2)c1. The first-order valence-corrected chi connectivity index (χ1v) is 6.92. The van der Waals surface area contributed by atoms with Crippen LogP contribution in [0, 0.1) is 0 Å². The summed E-state index contributed by atoms with van der Waals surface area (Å²) in [5.41, 5.74) is 1.63. The van der Waals surface area contributed by atoms with Gasteiger partial charge in [-0.15, -0.1) is 24.5 Å². The first-order valence-electron chi connectivity index (χ1n) is 5.25. The number of ether oxygens (including phenoxy) is 1. The summed E-state index contributed by atoms with van der Waals surface area (Å²) in [6, 6.07) is 7.72. The van der Waals surface area contributed by atoms with Crippen LogP contribution in [0.3, 0.4) is 0 Å². The van der Waals surface area contributed by atoms with Crippen molar-refractivity contribution in [2.45, 2.75) is 12.9 Å². The van der Waals surface area contributed by atoms with Crippen LogP contribution < -0.4 is 10.1 Å². The maximum Gasteiger partial charge on any atom is 0.573 e. The zero-order valence-corrected chi connectivity index (χ0v) is 11.9. The molecule has 2 rings (SSSR count). The molecule has 1 heterocycles. The van der Waals surface area contributed by atoms with E-state index in [1.54, 1.807) is 17.4 Å². The smallest absolute Gasteiger partial charge is 0.406 e. The number of alkyl halides is 3. The van der Waals surface area contributed by atoms with E-state index in [0.717, 1.165) is 9.35 Å². The zero-order chi connectivity index (χ0) is 13.9. The second kappa shape index (κ2) is 5.83. The van der Waals surface area contributed by atoms with E-state index >= 15 is 0 Å². The van der Waals surface area contributed by atoms with E-state index in [9.17, 15) is 13.2 Å². The first kappa shape index (κ1) is 14.2. The van der Waals surface area contributed by atoms with Gasteiger partial charge in [0.2, 0.25) is 0 Å². The predicted molar refractivity (Wildman–Crippen MR) is 72.5 cm³/mol. The van der Waals surface area contributed by atoms with Gasteiger partial charge in [0.1, 0.15) is 5.75 Å². The molecule has 2 nitrogen and oxygen atoms in total. The summed E-state index contributed by atoms with van der Waals surface area (Å²) >= 11 is 4.90. The molecule has 0 aliphatic carbocycles. The van der Waals surface area contributed by atoms with Gasteiger partial charge < -0.3 is 10.1 Å².